The largest absolute Gasteiger partial charge is 0.497 e. The molecule has 4 bridgehead atoms. The van der Waals surface area contributed by atoms with Gasteiger partial charge in [-0.2, -0.15) is 0 Å². The molecule has 1 heterocycles. The fourth-order valence-electron chi connectivity index (χ4n) is 6.21. The van der Waals surface area contributed by atoms with Crippen LogP contribution in [-0.2, 0) is 16.1 Å². The molecular formula is C22H24O6. The molecule has 0 saturated heterocycles. The summed E-state index contributed by atoms with van der Waals surface area (Å²) >= 11 is 0. The average molecular weight is 384 g/mol. The molecule has 6 rings (SSSR count). The minimum atomic E-state index is -0.708. The molecule has 1 aromatic carbocycles. The molecule has 4 aliphatic carbocycles. The topological polar surface area (TPSA) is 86.0 Å². The summed E-state index contributed by atoms with van der Waals surface area (Å²) in [5.41, 5.74) is -0.749. The van der Waals surface area contributed by atoms with Crippen LogP contribution in [0.3, 0.4) is 0 Å². The fraction of sp³-hybridized carbons (Fsp3) is 0.545. The monoisotopic (exact) mass is 384 g/mol. The van der Waals surface area contributed by atoms with Gasteiger partial charge in [0.1, 0.15) is 17.9 Å². The molecule has 0 spiro atoms. The van der Waals surface area contributed by atoms with Crippen molar-refractivity contribution in [3.8, 4) is 5.75 Å². The van der Waals surface area contributed by atoms with Gasteiger partial charge in [-0.25, -0.2) is 4.79 Å². The fourth-order valence-corrected chi connectivity index (χ4v) is 6.21. The van der Waals surface area contributed by atoms with Crippen molar-refractivity contribution in [1.29, 1.82) is 0 Å². The SMILES string of the molecule is COc1ccc2c(COC(=O)C34C[C@@H]5C[C@@H](CC(O)(C5)C3)C4)cc(=O)oc2c1. The third-order valence-corrected chi connectivity index (χ3v) is 6.86. The minimum Gasteiger partial charge on any atom is -0.497 e. The van der Waals surface area contributed by atoms with Gasteiger partial charge in [-0.15, -0.1) is 0 Å². The first-order chi connectivity index (χ1) is 13.4. The third kappa shape index (κ3) is 2.82. The summed E-state index contributed by atoms with van der Waals surface area (Å²) in [7, 11) is 1.55. The van der Waals surface area contributed by atoms with Crippen molar-refractivity contribution in [2.45, 2.75) is 50.7 Å². The molecule has 6 heteroatoms. The standard InChI is InChI=1S/C22H24O6/c1-26-16-2-3-17-15(5-19(23)28-18(17)6-16)11-27-20(24)21-7-13-4-14(8-21)10-22(25,9-13)12-21/h2-3,5-6,13-14,25H,4,7-12H2,1H3/t13-,14+,21?,22?. The summed E-state index contributed by atoms with van der Waals surface area (Å²) in [5.74, 6) is 1.17. The summed E-state index contributed by atoms with van der Waals surface area (Å²) in [5, 5.41) is 11.6. The smallest absolute Gasteiger partial charge is 0.336 e. The highest BCUT2D eigenvalue weighted by molar-refractivity contribution is 5.82. The van der Waals surface area contributed by atoms with E-state index in [0.29, 0.717) is 35.2 Å². The third-order valence-electron chi connectivity index (χ3n) is 6.86. The van der Waals surface area contributed by atoms with Crippen LogP contribution in [0.1, 0.15) is 44.1 Å². The van der Waals surface area contributed by atoms with Crippen LogP contribution in [0.15, 0.2) is 33.5 Å². The Morgan fingerprint density at radius 2 is 1.96 bits per heavy atom. The Labute approximate surface area is 162 Å². The van der Waals surface area contributed by atoms with E-state index < -0.39 is 16.6 Å². The molecule has 6 nitrogen and oxygen atoms in total. The van der Waals surface area contributed by atoms with E-state index in [1.54, 1.807) is 25.3 Å². The average Bonchev–Trinajstić information content (AvgIpc) is 2.63. The quantitative estimate of drug-likeness (QED) is 0.644. The van der Waals surface area contributed by atoms with Crippen LogP contribution < -0.4 is 10.4 Å². The van der Waals surface area contributed by atoms with E-state index >= 15 is 0 Å². The molecule has 0 radical (unpaired) electrons. The zero-order valence-electron chi connectivity index (χ0n) is 15.9. The first kappa shape index (κ1) is 17.7. The number of ether oxygens (including phenoxy) is 2. The first-order valence-electron chi connectivity index (χ1n) is 9.89. The summed E-state index contributed by atoms with van der Waals surface area (Å²) in [6.07, 6.45) is 4.85. The number of rotatable bonds is 4. The molecule has 148 valence electrons. The lowest BCUT2D eigenvalue weighted by molar-refractivity contribution is -0.197. The number of methoxy groups -OCH3 is 1. The molecular weight excluding hydrogens is 360 g/mol. The van der Waals surface area contributed by atoms with E-state index in [1.165, 1.54) is 6.07 Å². The molecule has 2 unspecified atom stereocenters. The zero-order valence-corrected chi connectivity index (χ0v) is 15.9. The second-order valence-electron chi connectivity index (χ2n) is 8.99. The summed E-state index contributed by atoms with van der Waals surface area (Å²) in [4.78, 5) is 25.0. The number of benzene rings is 1. The molecule has 4 aliphatic rings. The van der Waals surface area contributed by atoms with Crippen molar-refractivity contribution < 1.29 is 23.8 Å². The molecule has 2 aromatic rings. The van der Waals surface area contributed by atoms with Crippen molar-refractivity contribution >= 4 is 16.9 Å². The highest BCUT2D eigenvalue weighted by Gasteiger charge is 2.60. The summed E-state index contributed by atoms with van der Waals surface area (Å²) < 4.78 is 16.1. The number of aliphatic hydroxyl groups is 1. The van der Waals surface area contributed by atoms with Gasteiger partial charge in [0.15, 0.2) is 0 Å². The van der Waals surface area contributed by atoms with Crippen molar-refractivity contribution in [2.75, 3.05) is 7.11 Å². The lowest BCUT2D eigenvalue weighted by Crippen LogP contribution is -2.58. The van der Waals surface area contributed by atoms with Crippen molar-refractivity contribution in [3.63, 3.8) is 0 Å². The van der Waals surface area contributed by atoms with E-state index in [4.69, 9.17) is 13.9 Å². The van der Waals surface area contributed by atoms with Gasteiger partial charge < -0.3 is 19.0 Å². The maximum atomic E-state index is 13.1. The molecule has 1 aromatic heterocycles. The lowest BCUT2D eigenvalue weighted by Gasteiger charge is -2.58. The summed E-state index contributed by atoms with van der Waals surface area (Å²) in [6, 6.07) is 6.60. The highest BCUT2D eigenvalue weighted by Crippen LogP contribution is 2.62. The maximum Gasteiger partial charge on any atom is 0.336 e. The van der Waals surface area contributed by atoms with Gasteiger partial charge in [-0.05, 0) is 62.5 Å². The number of carbonyl (C=O) groups excluding carboxylic acids is 1. The van der Waals surface area contributed by atoms with Crippen LogP contribution in [-0.4, -0.2) is 23.8 Å². The molecule has 0 aliphatic heterocycles. The van der Waals surface area contributed by atoms with Crippen molar-refractivity contribution in [1.82, 2.24) is 0 Å². The predicted molar refractivity (Wildman–Crippen MR) is 101 cm³/mol. The summed E-state index contributed by atoms with van der Waals surface area (Å²) in [6.45, 7) is 0.0166. The van der Waals surface area contributed by atoms with Crippen molar-refractivity contribution in [3.05, 3.63) is 40.2 Å². The second kappa shape index (κ2) is 6.08. The van der Waals surface area contributed by atoms with E-state index in [2.05, 4.69) is 0 Å². The molecule has 4 atom stereocenters. The minimum absolute atomic E-state index is 0.0166. The highest BCUT2D eigenvalue weighted by atomic mass is 16.5. The Hall–Kier alpha value is -2.34. The second-order valence-corrected chi connectivity index (χ2v) is 8.99. The normalized spacial score (nSPS) is 33.2. The van der Waals surface area contributed by atoms with Crippen LogP contribution in [0.5, 0.6) is 5.75 Å². The van der Waals surface area contributed by atoms with Gasteiger partial charge in [0.25, 0.3) is 0 Å². The number of fused-ring (bicyclic) bond motifs is 1. The van der Waals surface area contributed by atoms with E-state index in [9.17, 15) is 14.7 Å². The van der Waals surface area contributed by atoms with Gasteiger partial charge in [0.2, 0.25) is 0 Å². The van der Waals surface area contributed by atoms with Crippen LogP contribution in [0.25, 0.3) is 11.0 Å². The molecule has 4 saturated carbocycles. The molecule has 1 N–H and O–H groups in total. The van der Waals surface area contributed by atoms with Crippen LogP contribution in [0, 0.1) is 17.3 Å². The van der Waals surface area contributed by atoms with Crippen LogP contribution in [0.2, 0.25) is 0 Å². The number of hydrogen-bond donors (Lipinski definition) is 1. The van der Waals surface area contributed by atoms with E-state index in [-0.39, 0.29) is 12.6 Å². The van der Waals surface area contributed by atoms with E-state index in [1.807, 2.05) is 0 Å². The molecule has 28 heavy (non-hydrogen) atoms. The Kier molecular flexibility index (Phi) is 3.85. The van der Waals surface area contributed by atoms with Gasteiger partial charge >= 0.3 is 11.6 Å². The zero-order chi connectivity index (χ0) is 19.5. The van der Waals surface area contributed by atoms with Gasteiger partial charge in [-0.1, -0.05) is 0 Å². The Balaban J connectivity index is 1.39. The Morgan fingerprint density at radius 3 is 2.64 bits per heavy atom. The maximum absolute atomic E-state index is 13.1. The molecule has 4 fully saturated rings. The first-order valence-corrected chi connectivity index (χ1v) is 9.89. The Bertz CT molecular complexity index is 992. The van der Waals surface area contributed by atoms with Crippen molar-refractivity contribution in [2.24, 2.45) is 17.3 Å². The van der Waals surface area contributed by atoms with Crippen LogP contribution in [0.4, 0.5) is 0 Å². The molecule has 0 amide bonds. The number of carbonyl (C=O) groups is 1. The van der Waals surface area contributed by atoms with Gasteiger partial charge in [0.05, 0.1) is 18.1 Å². The number of hydrogen-bond acceptors (Lipinski definition) is 6. The Morgan fingerprint density at radius 1 is 1.21 bits per heavy atom. The van der Waals surface area contributed by atoms with E-state index in [0.717, 1.165) is 37.5 Å². The predicted octanol–water partition coefficient (Wildman–Crippen LogP) is 3.18. The lowest BCUT2D eigenvalue weighted by atomic mass is 9.48. The number of esters is 1. The van der Waals surface area contributed by atoms with Gasteiger partial charge in [-0.3, -0.25) is 4.79 Å². The van der Waals surface area contributed by atoms with Crippen LogP contribution >= 0.6 is 0 Å². The van der Waals surface area contributed by atoms with Gasteiger partial charge in [0, 0.05) is 23.1 Å².